The topological polar surface area (TPSA) is 74.1 Å². The monoisotopic (exact) mass is 264 g/mol. The van der Waals surface area contributed by atoms with Crippen LogP contribution in [0, 0.1) is 6.92 Å². The molecule has 0 bridgehead atoms. The number of imidazole rings is 1. The maximum atomic E-state index is 6.02. The van der Waals surface area contributed by atoms with Crippen molar-refractivity contribution in [1.82, 2.24) is 24.2 Å². The molecule has 0 atom stereocenters. The molecule has 1 aliphatic heterocycles. The first-order chi connectivity index (χ1) is 9.16. The maximum Gasteiger partial charge on any atom is 0.202 e. The second kappa shape index (κ2) is 4.82. The van der Waals surface area contributed by atoms with Gasteiger partial charge in [0.25, 0.3) is 0 Å². The normalized spacial score (nSPS) is 17.4. The third-order valence-electron chi connectivity index (χ3n) is 3.66. The molecule has 1 saturated heterocycles. The highest BCUT2D eigenvalue weighted by Crippen LogP contribution is 2.20. The number of ether oxygens (including phenoxy) is 1. The lowest BCUT2D eigenvalue weighted by molar-refractivity contribution is 0.0365. The van der Waals surface area contributed by atoms with E-state index >= 15 is 0 Å². The number of nitrogens with two attached hydrogens (primary N) is 1. The third-order valence-corrected chi connectivity index (χ3v) is 3.66. The highest BCUT2D eigenvalue weighted by Gasteiger charge is 2.17. The molecular formula is C12H20N6O. The SMILES string of the molecule is Cc1nn(C)c2c1nc(N)n2CCN1CCOCC1. The van der Waals surface area contributed by atoms with Gasteiger partial charge in [-0.2, -0.15) is 5.10 Å². The summed E-state index contributed by atoms with van der Waals surface area (Å²) in [6, 6.07) is 0. The number of hydrogen-bond acceptors (Lipinski definition) is 5. The summed E-state index contributed by atoms with van der Waals surface area (Å²) in [6.07, 6.45) is 0. The van der Waals surface area contributed by atoms with Crippen molar-refractivity contribution in [2.24, 2.45) is 7.05 Å². The zero-order valence-electron chi connectivity index (χ0n) is 11.5. The van der Waals surface area contributed by atoms with Gasteiger partial charge in [0.2, 0.25) is 5.95 Å². The van der Waals surface area contributed by atoms with Crippen molar-refractivity contribution in [1.29, 1.82) is 0 Å². The van der Waals surface area contributed by atoms with E-state index in [2.05, 4.69) is 15.0 Å². The van der Waals surface area contributed by atoms with Gasteiger partial charge in [0.15, 0.2) is 5.65 Å². The van der Waals surface area contributed by atoms with Gasteiger partial charge in [0, 0.05) is 33.2 Å². The molecular weight excluding hydrogens is 244 g/mol. The number of nitrogens with zero attached hydrogens (tertiary/aromatic N) is 5. The molecule has 0 aliphatic carbocycles. The zero-order chi connectivity index (χ0) is 13.4. The Morgan fingerprint density at radius 3 is 2.74 bits per heavy atom. The van der Waals surface area contributed by atoms with Crippen LogP contribution in [-0.4, -0.2) is 57.1 Å². The summed E-state index contributed by atoms with van der Waals surface area (Å²) in [5, 5.41) is 4.39. The van der Waals surface area contributed by atoms with Gasteiger partial charge in [-0.1, -0.05) is 0 Å². The second-order valence-electron chi connectivity index (χ2n) is 4.96. The standard InChI is InChI=1S/C12H20N6O/c1-9-10-11(16(2)15-9)18(12(13)14-10)4-3-17-5-7-19-8-6-17/h3-8H2,1-2H3,(H2,13,14). The fourth-order valence-electron chi connectivity index (χ4n) is 2.64. The Balaban J connectivity index is 1.81. The van der Waals surface area contributed by atoms with Gasteiger partial charge in [0.05, 0.1) is 18.9 Å². The van der Waals surface area contributed by atoms with Crippen LogP contribution >= 0.6 is 0 Å². The van der Waals surface area contributed by atoms with Gasteiger partial charge >= 0.3 is 0 Å². The average Bonchev–Trinajstić information content (AvgIpc) is 2.87. The van der Waals surface area contributed by atoms with Crippen molar-refractivity contribution in [3.63, 3.8) is 0 Å². The predicted octanol–water partition coefficient (Wildman–Crippen LogP) is -0.00738. The highest BCUT2D eigenvalue weighted by atomic mass is 16.5. The van der Waals surface area contributed by atoms with Gasteiger partial charge in [-0.15, -0.1) is 0 Å². The van der Waals surface area contributed by atoms with Crippen molar-refractivity contribution in [2.75, 3.05) is 38.6 Å². The first-order valence-electron chi connectivity index (χ1n) is 6.62. The van der Waals surface area contributed by atoms with Crippen LogP contribution in [0.5, 0.6) is 0 Å². The van der Waals surface area contributed by atoms with Gasteiger partial charge in [-0.25, -0.2) is 4.98 Å². The highest BCUT2D eigenvalue weighted by molar-refractivity contribution is 5.77. The van der Waals surface area contributed by atoms with E-state index in [0.717, 1.165) is 56.3 Å². The Morgan fingerprint density at radius 2 is 2.00 bits per heavy atom. The van der Waals surface area contributed by atoms with Crippen molar-refractivity contribution < 1.29 is 4.74 Å². The molecule has 3 rings (SSSR count). The van der Waals surface area contributed by atoms with Crippen molar-refractivity contribution in [3.05, 3.63) is 5.69 Å². The smallest absolute Gasteiger partial charge is 0.202 e. The fourth-order valence-corrected chi connectivity index (χ4v) is 2.64. The Morgan fingerprint density at radius 1 is 1.26 bits per heavy atom. The van der Waals surface area contributed by atoms with Crippen molar-refractivity contribution >= 4 is 17.1 Å². The van der Waals surface area contributed by atoms with E-state index in [1.165, 1.54) is 0 Å². The van der Waals surface area contributed by atoms with Gasteiger partial charge in [0.1, 0.15) is 5.52 Å². The molecule has 0 radical (unpaired) electrons. The van der Waals surface area contributed by atoms with Gasteiger partial charge in [-0.3, -0.25) is 14.1 Å². The third kappa shape index (κ3) is 2.19. The quantitative estimate of drug-likeness (QED) is 0.844. The summed E-state index contributed by atoms with van der Waals surface area (Å²) in [5.41, 5.74) is 8.85. The molecule has 1 fully saturated rings. The number of aromatic nitrogens is 4. The Bertz CT molecular complexity index is 581. The lowest BCUT2D eigenvalue weighted by Crippen LogP contribution is -2.38. The van der Waals surface area contributed by atoms with E-state index in [0.29, 0.717) is 5.95 Å². The van der Waals surface area contributed by atoms with Gasteiger partial charge < -0.3 is 10.5 Å². The van der Waals surface area contributed by atoms with Crippen LogP contribution in [0.2, 0.25) is 0 Å². The first-order valence-corrected chi connectivity index (χ1v) is 6.62. The minimum absolute atomic E-state index is 0.569. The fraction of sp³-hybridized carbons (Fsp3) is 0.667. The van der Waals surface area contributed by atoms with E-state index in [1.807, 2.05) is 23.2 Å². The van der Waals surface area contributed by atoms with Crippen LogP contribution in [-0.2, 0) is 18.3 Å². The van der Waals surface area contributed by atoms with E-state index in [-0.39, 0.29) is 0 Å². The first kappa shape index (κ1) is 12.4. The van der Waals surface area contributed by atoms with Crippen LogP contribution < -0.4 is 5.73 Å². The number of aryl methyl sites for hydroxylation is 2. The number of morpholine rings is 1. The van der Waals surface area contributed by atoms with Gasteiger partial charge in [-0.05, 0) is 6.92 Å². The molecule has 2 N–H and O–H groups in total. The second-order valence-corrected chi connectivity index (χ2v) is 4.96. The largest absolute Gasteiger partial charge is 0.379 e. The molecule has 3 heterocycles. The summed E-state index contributed by atoms with van der Waals surface area (Å²) >= 11 is 0. The van der Waals surface area contributed by atoms with E-state index in [9.17, 15) is 0 Å². The van der Waals surface area contributed by atoms with Crippen LogP contribution in [0.15, 0.2) is 0 Å². The van der Waals surface area contributed by atoms with Crippen LogP contribution in [0.25, 0.3) is 11.2 Å². The number of hydrogen-bond donors (Lipinski definition) is 1. The summed E-state index contributed by atoms with van der Waals surface area (Å²) < 4.78 is 9.25. The Kier molecular flexibility index (Phi) is 3.16. The minimum atomic E-state index is 0.569. The summed E-state index contributed by atoms with van der Waals surface area (Å²) in [4.78, 5) is 6.80. The lowest BCUT2D eigenvalue weighted by Gasteiger charge is -2.26. The van der Waals surface area contributed by atoms with Crippen molar-refractivity contribution in [2.45, 2.75) is 13.5 Å². The molecule has 2 aromatic rings. The Labute approximate surface area is 111 Å². The molecule has 0 unspecified atom stereocenters. The molecule has 7 heteroatoms. The number of anilines is 1. The molecule has 0 aromatic carbocycles. The van der Waals surface area contributed by atoms with Crippen molar-refractivity contribution in [3.8, 4) is 0 Å². The summed E-state index contributed by atoms with van der Waals surface area (Å²) in [7, 11) is 1.93. The molecule has 19 heavy (non-hydrogen) atoms. The van der Waals surface area contributed by atoms with Crippen LogP contribution in [0.1, 0.15) is 5.69 Å². The van der Waals surface area contributed by atoms with E-state index in [4.69, 9.17) is 10.5 Å². The average molecular weight is 264 g/mol. The van der Waals surface area contributed by atoms with Crippen LogP contribution in [0.3, 0.4) is 0 Å². The molecule has 0 spiro atoms. The van der Waals surface area contributed by atoms with Crippen LogP contribution in [0.4, 0.5) is 5.95 Å². The summed E-state index contributed by atoms with van der Waals surface area (Å²) in [6.45, 7) is 7.37. The molecule has 1 aliphatic rings. The number of nitrogen functional groups attached to an aromatic ring is 1. The zero-order valence-corrected chi connectivity index (χ0v) is 11.5. The molecule has 2 aromatic heterocycles. The lowest BCUT2D eigenvalue weighted by atomic mass is 10.4. The number of fused-ring (bicyclic) bond motifs is 1. The number of rotatable bonds is 3. The molecule has 0 amide bonds. The molecule has 7 nitrogen and oxygen atoms in total. The van der Waals surface area contributed by atoms with E-state index in [1.54, 1.807) is 0 Å². The van der Waals surface area contributed by atoms with E-state index < -0.39 is 0 Å². The maximum absolute atomic E-state index is 6.02. The minimum Gasteiger partial charge on any atom is -0.379 e. The summed E-state index contributed by atoms with van der Waals surface area (Å²) in [5.74, 6) is 0.569. The predicted molar refractivity (Wildman–Crippen MR) is 72.9 cm³/mol. The molecule has 0 saturated carbocycles. The molecule has 104 valence electrons. The Hall–Kier alpha value is -1.60.